The lowest BCUT2D eigenvalue weighted by Crippen LogP contribution is -2.32. The number of hydrogen-bond acceptors (Lipinski definition) is 4. The van der Waals surface area contributed by atoms with E-state index >= 15 is 0 Å². The fraction of sp³-hybridized carbons (Fsp3) is 0.429. The summed E-state index contributed by atoms with van der Waals surface area (Å²) in [5.74, 6) is 0.611. The van der Waals surface area contributed by atoms with Crippen molar-refractivity contribution in [1.82, 2.24) is 10.3 Å². The molecule has 1 aromatic heterocycles. The Morgan fingerprint density at radius 2 is 1.65 bits per heavy atom. The number of amides is 1. The number of carbonyl (C=O) groups is 1. The highest BCUT2D eigenvalue weighted by molar-refractivity contribution is 5.69. The Kier molecular flexibility index (Phi) is 5.90. The van der Waals surface area contributed by atoms with Crippen LogP contribution in [0.25, 0.3) is 11.1 Å². The van der Waals surface area contributed by atoms with Crippen LogP contribution in [0, 0.1) is 0 Å². The molecule has 1 N–H and O–H groups in total. The molecule has 2 rings (SSSR count). The lowest BCUT2D eigenvalue weighted by Gasteiger charge is -2.22. The average molecular weight is 356 g/mol. The van der Waals surface area contributed by atoms with Gasteiger partial charge in [-0.05, 0) is 64.8 Å². The Bertz CT molecular complexity index is 741. The summed E-state index contributed by atoms with van der Waals surface area (Å²) in [6.45, 7) is 11.9. The third-order valence-corrected chi connectivity index (χ3v) is 3.27. The topological polar surface area (TPSA) is 60.5 Å². The summed E-state index contributed by atoms with van der Waals surface area (Å²) < 4.78 is 11.2. The zero-order valence-corrected chi connectivity index (χ0v) is 16.4. The lowest BCUT2D eigenvalue weighted by atomic mass is 10.0. The summed E-state index contributed by atoms with van der Waals surface area (Å²) >= 11 is 0. The predicted octanol–water partition coefficient (Wildman–Crippen LogP) is 4.95. The molecule has 1 heterocycles. The minimum absolute atomic E-state index is 0.319. The minimum Gasteiger partial charge on any atom is -0.471 e. The minimum atomic E-state index is -0.502. The quantitative estimate of drug-likeness (QED) is 0.842. The molecule has 0 aliphatic heterocycles. The number of pyridine rings is 1. The van der Waals surface area contributed by atoms with Gasteiger partial charge in [0, 0.05) is 18.3 Å². The fourth-order valence-corrected chi connectivity index (χ4v) is 2.27. The molecule has 26 heavy (non-hydrogen) atoms. The smallest absolute Gasteiger partial charge is 0.407 e. The molecule has 0 unspecified atom stereocenters. The van der Waals surface area contributed by atoms with E-state index in [9.17, 15) is 4.79 Å². The number of hydrogen-bond donors (Lipinski definition) is 1. The Balaban J connectivity index is 2.07. The molecule has 140 valence electrons. The molecule has 1 amide bonds. The van der Waals surface area contributed by atoms with Crippen LogP contribution in [0.4, 0.5) is 4.79 Å². The standard InChI is InChI=1S/C21H28N2O3/c1-20(2,3)25-18-17(8-7-13-22-18)16-11-9-15(10-12-16)14-23-19(24)26-21(4,5)6/h7-13H,14H2,1-6H3,(H,23,24). The van der Waals surface area contributed by atoms with E-state index < -0.39 is 11.7 Å². The van der Waals surface area contributed by atoms with Crippen molar-refractivity contribution in [2.24, 2.45) is 0 Å². The van der Waals surface area contributed by atoms with Gasteiger partial charge >= 0.3 is 6.09 Å². The number of rotatable bonds is 4. The van der Waals surface area contributed by atoms with E-state index in [-0.39, 0.29) is 5.60 Å². The molecule has 5 heteroatoms. The first-order valence-electron chi connectivity index (χ1n) is 8.74. The van der Waals surface area contributed by atoms with Gasteiger partial charge in [-0.25, -0.2) is 9.78 Å². The van der Waals surface area contributed by atoms with E-state index in [0.29, 0.717) is 12.4 Å². The van der Waals surface area contributed by atoms with Gasteiger partial charge in [0.05, 0.1) is 0 Å². The molecular formula is C21H28N2O3. The molecule has 0 saturated heterocycles. The number of carbonyl (C=O) groups excluding carboxylic acids is 1. The van der Waals surface area contributed by atoms with E-state index in [1.807, 2.05) is 77.9 Å². The molecule has 0 saturated carbocycles. The highest BCUT2D eigenvalue weighted by atomic mass is 16.6. The van der Waals surface area contributed by atoms with E-state index in [4.69, 9.17) is 9.47 Å². The normalized spacial score (nSPS) is 11.8. The molecule has 0 fully saturated rings. The van der Waals surface area contributed by atoms with Crippen LogP contribution in [0.3, 0.4) is 0 Å². The second-order valence-corrected chi connectivity index (χ2v) is 8.12. The van der Waals surface area contributed by atoms with E-state index in [2.05, 4.69) is 10.3 Å². The number of nitrogens with one attached hydrogen (secondary N) is 1. The third-order valence-electron chi connectivity index (χ3n) is 3.27. The van der Waals surface area contributed by atoms with Crippen molar-refractivity contribution in [1.29, 1.82) is 0 Å². The summed E-state index contributed by atoms with van der Waals surface area (Å²) in [6.07, 6.45) is 1.30. The number of nitrogens with zero attached hydrogens (tertiary/aromatic N) is 1. The van der Waals surface area contributed by atoms with Gasteiger partial charge in [0.15, 0.2) is 0 Å². The van der Waals surface area contributed by atoms with Crippen LogP contribution in [0.15, 0.2) is 42.6 Å². The first kappa shape index (κ1) is 19.8. The molecule has 0 atom stereocenters. The lowest BCUT2D eigenvalue weighted by molar-refractivity contribution is 0.0523. The number of ether oxygens (including phenoxy) is 2. The molecule has 0 aliphatic rings. The van der Waals surface area contributed by atoms with Crippen molar-refractivity contribution in [2.75, 3.05) is 0 Å². The molecule has 0 bridgehead atoms. The first-order chi connectivity index (χ1) is 12.0. The van der Waals surface area contributed by atoms with Crippen molar-refractivity contribution in [2.45, 2.75) is 59.3 Å². The van der Waals surface area contributed by atoms with Crippen molar-refractivity contribution >= 4 is 6.09 Å². The van der Waals surface area contributed by atoms with Crippen LogP contribution in [-0.2, 0) is 11.3 Å². The van der Waals surface area contributed by atoms with Gasteiger partial charge in [-0.1, -0.05) is 24.3 Å². The molecule has 0 aliphatic carbocycles. The van der Waals surface area contributed by atoms with E-state index in [1.54, 1.807) is 6.20 Å². The fourth-order valence-electron chi connectivity index (χ4n) is 2.27. The van der Waals surface area contributed by atoms with Gasteiger partial charge in [-0.15, -0.1) is 0 Å². The van der Waals surface area contributed by atoms with Crippen molar-refractivity contribution in [3.05, 3.63) is 48.2 Å². The van der Waals surface area contributed by atoms with E-state index in [0.717, 1.165) is 16.7 Å². The van der Waals surface area contributed by atoms with Gasteiger partial charge in [0.1, 0.15) is 11.2 Å². The Labute approximate surface area is 155 Å². The average Bonchev–Trinajstić information content (AvgIpc) is 2.51. The van der Waals surface area contributed by atoms with Gasteiger partial charge in [-0.2, -0.15) is 0 Å². The number of benzene rings is 1. The maximum Gasteiger partial charge on any atom is 0.407 e. The molecular weight excluding hydrogens is 328 g/mol. The van der Waals surface area contributed by atoms with Crippen LogP contribution in [0.1, 0.15) is 47.1 Å². The maximum absolute atomic E-state index is 11.7. The summed E-state index contributed by atoms with van der Waals surface area (Å²) in [7, 11) is 0. The molecule has 0 radical (unpaired) electrons. The van der Waals surface area contributed by atoms with Crippen molar-refractivity contribution in [3.8, 4) is 17.0 Å². The summed E-state index contributed by atoms with van der Waals surface area (Å²) in [5.41, 5.74) is 2.12. The Morgan fingerprint density at radius 1 is 1.00 bits per heavy atom. The van der Waals surface area contributed by atoms with Gasteiger partial charge < -0.3 is 14.8 Å². The van der Waals surface area contributed by atoms with E-state index in [1.165, 1.54) is 0 Å². The van der Waals surface area contributed by atoms with Gasteiger partial charge in [0.2, 0.25) is 5.88 Å². The highest BCUT2D eigenvalue weighted by Gasteiger charge is 2.17. The molecule has 5 nitrogen and oxygen atoms in total. The summed E-state index contributed by atoms with van der Waals surface area (Å²) in [6, 6.07) is 11.8. The van der Waals surface area contributed by atoms with Crippen molar-refractivity contribution in [3.63, 3.8) is 0 Å². The zero-order valence-electron chi connectivity index (χ0n) is 16.4. The Hall–Kier alpha value is -2.56. The van der Waals surface area contributed by atoms with Crippen LogP contribution < -0.4 is 10.1 Å². The molecule has 0 spiro atoms. The number of alkyl carbamates (subject to hydrolysis) is 1. The first-order valence-corrected chi connectivity index (χ1v) is 8.74. The SMILES string of the molecule is CC(C)(C)OC(=O)NCc1ccc(-c2cccnc2OC(C)(C)C)cc1. The van der Waals surface area contributed by atoms with Crippen LogP contribution in [0.5, 0.6) is 5.88 Å². The number of aromatic nitrogens is 1. The zero-order chi connectivity index (χ0) is 19.4. The third kappa shape index (κ3) is 6.39. The van der Waals surface area contributed by atoms with Crippen molar-refractivity contribution < 1.29 is 14.3 Å². The predicted molar refractivity (Wildman–Crippen MR) is 103 cm³/mol. The van der Waals surface area contributed by atoms with Crippen LogP contribution in [-0.4, -0.2) is 22.3 Å². The second kappa shape index (κ2) is 7.77. The van der Waals surface area contributed by atoms with Gasteiger partial charge in [0.25, 0.3) is 0 Å². The van der Waals surface area contributed by atoms with Gasteiger partial charge in [-0.3, -0.25) is 0 Å². The molecule has 1 aromatic carbocycles. The highest BCUT2D eigenvalue weighted by Crippen LogP contribution is 2.30. The van der Waals surface area contributed by atoms with Crippen LogP contribution >= 0.6 is 0 Å². The Morgan fingerprint density at radius 3 is 2.23 bits per heavy atom. The molecule has 2 aromatic rings. The second-order valence-electron chi connectivity index (χ2n) is 8.12. The maximum atomic E-state index is 11.7. The summed E-state index contributed by atoms with van der Waals surface area (Å²) in [5, 5.41) is 2.76. The summed E-state index contributed by atoms with van der Waals surface area (Å²) in [4.78, 5) is 16.1. The van der Waals surface area contributed by atoms with Crippen LogP contribution in [0.2, 0.25) is 0 Å². The monoisotopic (exact) mass is 356 g/mol. The largest absolute Gasteiger partial charge is 0.471 e.